The van der Waals surface area contributed by atoms with Gasteiger partial charge in [-0.05, 0) is 36.2 Å². The van der Waals surface area contributed by atoms with Gasteiger partial charge in [0, 0.05) is 11.8 Å². The van der Waals surface area contributed by atoms with E-state index in [-0.39, 0.29) is 5.56 Å². The van der Waals surface area contributed by atoms with Crippen molar-refractivity contribution in [1.82, 2.24) is 4.98 Å². The van der Waals surface area contributed by atoms with E-state index in [0.29, 0.717) is 11.1 Å². The molecule has 0 aliphatic heterocycles. The number of aromatic carboxylic acids is 1. The predicted molar refractivity (Wildman–Crippen MR) is 61.3 cm³/mol. The standard InChI is InChI=1S/C13H9F2NO2/c1-7-4-10(13(17)18)11(14)5-9(7)8-2-3-16-6-12(8)15/h2-6H,1H3,(H,17,18). The number of aryl methyl sites for hydroxylation is 1. The lowest BCUT2D eigenvalue weighted by molar-refractivity contribution is 0.0692. The van der Waals surface area contributed by atoms with Crippen molar-refractivity contribution in [3.8, 4) is 11.1 Å². The molecule has 1 N–H and O–H groups in total. The molecule has 0 fully saturated rings. The molecule has 2 aromatic rings. The molecule has 0 saturated heterocycles. The third-order valence-corrected chi connectivity index (χ3v) is 2.61. The molecule has 0 aliphatic carbocycles. The zero-order valence-corrected chi connectivity index (χ0v) is 9.45. The molecule has 1 aromatic carbocycles. The third-order valence-electron chi connectivity index (χ3n) is 2.61. The summed E-state index contributed by atoms with van der Waals surface area (Å²) in [6.07, 6.45) is 2.42. The Labute approximate surface area is 102 Å². The summed E-state index contributed by atoms with van der Waals surface area (Å²) in [7, 11) is 0. The molecule has 3 nitrogen and oxygen atoms in total. The normalized spacial score (nSPS) is 10.4. The van der Waals surface area contributed by atoms with Gasteiger partial charge < -0.3 is 5.11 Å². The first kappa shape index (κ1) is 12.2. The highest BCUT2D eigenvalue weighted by molar-refractivity contribution is 5.89. The molecule has 0 radical (unpaired) electrons. The highest BCUT2D eigenvalue weighted by Gasteiger charge is 2.15. The van der Waals surface area contributed by atoms with Crippen molar-refractivity contribution < 1.29 is 18.7 Å². The first-order chi connectivity index (χ1) is 8.50. The fraction of sp³-hybridized carbons (Fsp3) is 0.0769. The van der Waals surface area contributed by atoms with Crippen molar-refractivity contribution in [2.45, 2.75) is 6.92 Å². The van der Waals surface area contributed by atoms with Gasteiger partial charge in [-0.15, -0.1) is 0 Å². The summed E-state index contributed by atoms with van der Waals surface area (Å²) >= 11 is 0. The average molecular weight is 249 g/mol. The molecule has 0 spiro atoms. The van der Waals surface area contributed by atoms with Crippen molar-refractivity contribution in [2.24, 2.45) is 0 Å². The highest BCUT2D eigenvalue weighted by Crippen LogP contribution is 2.27. The zero-order chi connectivity index (χ0) is 13.3. The van der Waals surface area contributed by atoms with E-state index in [1.54, 1.807) is 6.92 Å². The Balaban J connectivity index is 2.64. The van der Waals surface area contributed by atoms with Crippen LogP contribution in [-0.2, 0) is 0 Å². The molecular formula is C13H9F2NO2. The van der Waals surface area contributed by atoms with E-state index in [1.165, 1.54) is 18.3 Å². The van der Waals surface area contributed by atoms with E-state index in [1.807, 2.05) is 0 Å². The Bertz CT molecular complexity index is 626. The van der Waals surface area contributed by atoms with Crippen LogP contribution in [0.4, 0.5) is 8.78 Å². The van der Waals surface area contributed by atoms with E-state index in [2.05, 4.69) is 4.98 Å². The van der Waals surface area contributed by atoms with Gasteiger partial charge in [-0.2, -0.15) is 0 Å². The van der Waals surface area contributed by atoms with Gasteiger partial charge in [0.25, 0.3) is 0 Å². The van der Waals surface area contributed by atoms with Crippen molar-refractivity contribution >= 4 is 5.97 Å². The first-order valence-corrected chi connectivity index (χ1v) is 5.14. The maximum absolute atomic E-state index is 13.6. The number of hydrogen-bond acceptors (Lipinski definition) is 2. The molecule has 1 aromatic heterocycles. The highest BCUT2D eigenvalue weighted by atomic mass is 19.1. The number of nitrogens with zero attached hydrogens (tertiary/aromatic N) is 1. The minimum Gasteiger partial charge on any atom is -0.478 e. The molecule has 0 aliphatic rings. The maximum atomic E-state index is 13.6. The molecule has 0 atom stereocenters. The van der Waals surface area contributed by atoms with Gasteiger partial charge >= 0.3 is 5.97 Å². The number of rotatable bonds is 2. The SMILES string of the molecule is Cc1cc(C(=O)O)c(F)cc1-c1ccncc1F. The maximum Gasteiger partial charge on any atom is 0.338 e. The minimum atomic E-state index is -1.35. The van der Waals surface area contributed by atoms with Crippen LogP contribution in [0.3, 0.4) is 0 Å². The monoisotopic (exact) mass is 249 g/mol. The summed E-state index contributed by atoms with van der Waals surface area (Å²) in [5.41, 5.74) is 0.570. The quantitative estimate of drug-likeness (QED) is 0.889. The fourth-order valence-corrected chi connectivity index (χ4v) is 1.73. The Hall–Kier alpha value is -2.30. The molecule has 18 heavy (non-hydrogen) atoms. The van der Waals surface area contributed by atoms with Gasteiger partial charge in [-0.3, -0.25) is 4.98 Å². The summed E-state index contributed by atoms with van der Waals surface area (Å²) in [5, 5.41) is 8.78. The van der Waals surface area contributed by atoms with Crippen LogP contribution in [0.15, 0.2) is 30.6 Å². The van der Waals surface area contributed by atoms with E-state index < -0.39 is 23.2 Å². The van der Waals surface area contributed by atoms with Crippen LogP contribution < -0.4 is 0 Å². The van der Waals surface area contributed by atoms with Crippen LogP contribution in [0.25, 0.3) is 11.1 Å². The third kappa shape index (κ3) is 2.07. The van der Waals surface area contributed by atoms with Crippen molar-refractivity contribution in [3.63, 3.8) is 0 Å². The molecule has 5 heteroatoms. The van der Waals surface area contributed by atoms with Crippen molar-refractivity contribution in [2.75, 3.05) is 0 Å². The summed E-state index contributed by atoms with van der Waals surface area (Å²) in [5.74, 6) is -2.82. The summed E-state index contributed by atoms with van der Waals surface area (Å²) in [6, 6.07) is 3.63. The summed E-state index contributed by atoms with van der Waals surface area (Å²) in [6.45, 7) is 1.60. The Morgan fingerprint density at radius 2 is 1.94 bits per heavy atom. The number of benzene rings is 1. The number of hydrogen-bond donors (Lipinski definition) is 1. The molecule has 1 heterocycles. The van der Waals surface area contributed by atoms with E-state index in [0.717, 1.165) is 12.3 Å². The molecule has 0 amide bonds. The Morgan fingerprint density at radius 1 is 1.22 bits per heavy atom. The van der Waals surface area contributed by atoms with Crippen LogP contribution in [0.1, 0.15) is 15.9 Å². The van der Waals surface area contributed by atoms with Crippen molar-refractivity contribution in [1.29, 1.82) is 0 Å². The first-order valence-electron chi connectivity index (χ1n) is 5.14. The summed E-state index contributed by atoms with van der Waals surface area (Å²) < 4.78 is 27.1. The second-order valence-electron chi connectivity index (χ2n) is 3.81. The molecule has 92 valence electrons. The number of carboxylic acid groups (broad SMARTS) is 1. The van der Waals surface area contributed by atoms with E-state index in [4.69, 9.17) is 5.11 Å². The zero-order valence-electron chi connectivity index (χ0n) is 9.45. The number of carboxylic acids is 1. The topological polar surface area (TPSA) is 50.2 Å². The van der Waals surface area contributed by atoms with Gasteiger partial charge in [0.15, 0.2) is 0 Å². The van der Waals surface area contributed by atoms with Gasteiger partial charge in [0.05, 0.1) is 11.8 Å². The molecule has 0 bridgehead atoms. The van der Waals surface area contributed by atoms with E-state index in [9.17, 15) is 13.6 Å². The summed E-state index contributed by atoms with van der Waals surface area (Å²) in [4.78, 5) is 14.4. The fourth-order valence-electron chi connectivity index (χ4n) is 1.73. The van der Waals surface area contributed by atoms with Crippen LogP contribution in [-0.4, -0.2) is 16.1 Å². The van der Waals surface area contributed by atoms with Crippen LogP contribution in [0.5, 0.6) is 0 Å². The Morgan fingerprint density at radius 3 is 2.56 bits per heavy atom. The predicted octanol–water partition coefficient (Wildman–Crippen LogP) is 3.03. The van der Waals surface area contributed by atoms with Gasteiger partial charge in [-0.1, -0.05) is 0 Å². The second-order valence-corrected chi connectivity index (χ2v) is 3.81. The lowest BCUT2D eigenvalue weighted by atomic mass is 9.98. The largest absolute Gasteiger partial charge is 0.478 e. The number of halogens is 2. The van der Waals surface area contributed by atoms with Gasteiger partial charge in [-0.25, -0.2) is 13.6 Å². The molecule has 0 unspecified atom stereocenters. The Kier molecular flexibility index (Phi) is 3.06. The molecule has 0 saturated carbocycles. The second kappa shape index (κ2) is 4.52. The molecule has 2 rings (SSSR count). The molecular weight excluding hydrogens is 240 g/mol. The van der Waals surface area contributed by atoms with Crippen LogP contribution in [0.2, 0.25) is 0 Å². The lowest BCUT2D eigenvalue weighted by Gasteiger charge is -2.09. The van der Waals surface area contributed by atoms with Gasteiger partial charge in [0.2, 0.25) is 0 Å². The van der Waals surface area contributed by atoms with Gasteiger partial charge in [0.1, 0.15) is 11.6 Å². The number of pyridine rings is 1. The lowest BCUT2D eigenvalue weighted by Crippen LogP contribution is -2.02. The van der Waals surface area contributed by atoms with Crippen LogP contribution >= 0.6 is 0 Å². The van der Waals surface area contributed by atoms with Crippen LogP contribution in [0, 0.1) is 18.6 Å². The smallest absolute Gasteiger partial charge is 0.338 e. The van der Waals surface area contributed by atoms with Crippen molar-refractivity contribution in [3.05, 3.63) is 53.4 Å². The number of carbonyl (C=O) groups is 1. The number of aromatic nitrogens is 1. The minimum absolute atomic E-state index is 0.193. The van der Waals surface area contributed by atoms with E-state index >= 15 is 0 Å². The average Bonchev–Trinajstić information content (AvgIpc) is 2.32.